The van der Waals surface area contributed by atoms with Crippen molar-refractivity contribution in [2.24, 2.45) is 11.8 Å². The summed E-state index contributed by atoms with van der Waals surface area (Å²) in [5, 5.41) is 12.7. The molecule has 2 N–H and O–H groups in total. The molecule has 1 unspecified atom stereocenters. The van der Waals surface area contributed by atoms with Crippen LogP contribution in [0.25, 0.3) is 11.1 Å². The van der Waals surface area contributed by atoms with Crippen molar-refractivity contribution >= 4 is 5.69 Å². The molecule has 2 aromatic rings. The van der Waals surface area contributed by atoms with E-state index in [-0.39, 0.29) is 6.61 Å². The highest BCUT2D eigenvalue weighted by molar-refractivity contribution is 5.65. The Balaban J connectivity index is 1.99. The number of anilines is 1. The van der Waals surface area contributed by atoms with Gasteiger partial charge in [0.1, 0.15) is 0 Å². The van der Waals surface area contributed by atoms with Crippen molar-refractivity contribution < 1.29 is 5.11 Å². The number of benzene rings is 2. The molecule has 0 heterocycles. The van der Waals surface area contributed by atoms with Gasteiger partial charge in [0.05, 0.1) is 0 Å². The Morgan fingerprint density at radius 2 is 1.50 bits per heavy atom. The summed E-state index contributed by atoms with van der Waals surface area (Å²) >= 11 is 0. The fraction of sp³-hybridized carbons (Fsp3) is 0.333. The predicted octanol–water partition coefficient (Wildman–Crippen LogP) is 4.03. The Morgan fingerprint density at radius 1 is 0.900 bits per heavy atom. The topological polar surface area (TPSA) is 32.3 Å². The van der Waals surface area contributed by atoms with E-state index in [0.717, 1.165) is 12.2 Å². The van der Waals surface area contributed by atoms with E-state index in [2.05, 4.69) is 67.7 Å². The van der Waals surface area contributed by atoms with Crippen LogP contribution in [0.1, 0.15) is 13.8 Å². The smallest absolute Gasteiger partial charge is 0.0478 e. The van der Waals surface area contributed by atoms with E-state index < -0.39 is 0 Å². The summed E-state index contributed by atoms with van der Waals surface area (Å²) in [5.74, 6) is 0.778. The predicted molar refractivity (Wildman–Crippen MR) is 85.8 cm³/mol. The fourth-order valence-corrected chi connectivity index (χ4v) is 2.17. The number of aliphatic hydroxyl groups excluding tert-OH is 1. The molecule has 0 saturated carbocycles. The normalized spacial score (nSPS) is 12.4. The number of nitrogens with one attached hydrogen (secondary N) is 1. The Morgan fingerprint density at radius 3 is 2.05 bits per heavy atom. The third-order valence-corrected chi connectivity index (χ3v) is 3.74. The molecule has 0 fully saturated rings. The van der Waals surface area contributed by atoms with Crippen molar-refractivity contribution in [3.05, 3.63) is 54.6 Å². The van der Waals surface area contributed by atoms with Crippen LogP contribution >= 0.6 is 0 Å². The van der Waals surface area contributed by atoms with E-state index in [1.165, 1.54) is 11.1 Å². The third kappa shape index (κ3) is 3.84. The van der Waals surface area contributed by atoms with E-state index in [1.807, 2.05) is 6.07 Å². The molecule has 0 amide bonds. The molecule has 0 aliphatic heterocycles. The summed E-state index contributed by atoms with van der Waals surface area (Å²) in [7, 11) is 0. The molecule has 2 heteroatoms. The molecule has 20 heavy (non-hydrogen) atoms. The van der Waals surface area contributed by atoms with Gasteiger partial charge in [0.15, 0.2) is 0 Å². The average Bonchev–Trinajstić information content (AvgIpc) is 2.49. The zero-order chi connectivity index (χ0) is 14.4. The molecule has 0 aromatic heterocycles. The maximum Gasteiger partial charge on any atom is 0.0478 e. The van der Waals surface area contributed by atoms with E-state index >= 15 is 0 Å². The van der Waals surface area contributed by atoms with Crippen LogP contribution in [0.4, 0.5) is 5.69 Å². The minimum atomic E-state index is 0.229. The highest BCUT2D eigenvalue weighted by Crippen LogP contribution is 2.21. The highest BCUT2D eigenvalue weighted by Gasteiger charge is 2.11. The van der Waals surface area contributed by atoms with Crippen molar-refractivity contribution in [3.8, 4) is 11.1 Å². The zero-order valence-corrected chi connectivity index (χ0v) is 12.2. The first-order chi connectivity index (χ1) is 9.70. The summed E-state index contributed by atoms with van der Waals surface area (Å²) in [4.78, 5) is 0. The Hall–Kier alpha value is -1.80. The van der Waals surface area contributed by atoms with Gasteiger partial charge in [-0.3, -0.25) is 0 Å². The maximum atomic E-state index is 9.33. The molecule has 0 radical (unpaired) electrons. The van der Waals surface area contributed by atoms with E-state index in [1.54, 1.807) is 0 Å². The van der Waals surface area contributed by atoms with E-state index in [9.17, 15) is 5.11 Å². The zero-order valence-electron chi connectivity index (χ0n) is 12.2. The van der Waals surface area contributed by atoms with Crippen LogP contribution in [0.5, 0.6) is 0 Å². The second-order valence-electron chi connectivity index (χ2n) is 5.51. The lowest BCUT2D eigenvalue weighted by atomic mass is 9.97. The minimum Gasteiger partial charge on any atom is -0.396 e. The van der Waals surface area contributed by atoms with Crippen LogP contribution in [-0.4, -0.2) is 18.3 Å². The van der Waals surface area contributed by atoms with Crippen LogP contribution < -0.4 is 5.32 Å². The molecule has 0 saturated heterocycles. The summed E-state index contributed by atoms with van der Waals surface area (Å²) in [6, 6.07) is 18.8. The monoisotopic (exact) mass is 269 g/mol. The van der Waals surface area contributed by atoms with Gasteiger partial charge in [0, 0.05) is 24.8 Å². The summed E-state index contributed by atoms with van der Waals surface area (Å²) in [6.45, 7) is 5.31. The van der Waals surface area contributed by atoms with Gasteiger partial charge in [-0.2, -0.15) is 0 Å². The molecule has 2 aromatic carbocycles. The largest absolute Gasteiger partial charge is 0.396 e. The van der Waals surface area contributed by atoms with Crippen LogP contribution in [0.2, 0.25) is 0 Å². The lowest BCUT2D eigenvalue weighted by Crippen LogP contribution is -2.22. The summed E-state index contributed by atoms with van der Waals surface area (Å²) in [5.41, 5.74) is 3.55. The van der Waals surface area contributed by atoms with Gasteiger partial charge in [0.25, 0.3) is 0 Å². The lowest BCUT2D eigenvalue weighted by molar-refractivity contribution is 0.198. The molecular formula is C18H23NO. The van der Waals surface area contributed by atoms with Gasteiger partial charge >= 0.3 is 0 Å². The molecular weight excluding hydrogens is 246 g/mol. The fourth-order valence-electron chi connectivity index (χ4n) is 2.17. The van der Waals surface area contributed by atoms with Crippen LogP contribution in [-0.2, 0) is 0 Å². The summed E-state index contributed by atoms with van der Waals surface area (Å²) in [6.07, 6.45) is 0. The van der Waals surface area contributed by atoms with Gasteiger partial charge < -0.3 is 10.4 Å². The van der Waals surface area contributed by atoms with Crippen molar-refractivity contribution in [2.45, 2.75) is 13.8 Å². The standard InChI is InChI=1S/C18H23NO/c1-14(2)17(13-20)12-19-18-10-8-16(9-11-18)15-6-4-3-5-7-15/h3-11,14,17,19-20H,12-13H2,1-2H3. The number of rotatable bonds is 6. The molecule has 0 spiro atoms. The Labute approximate surface area is 121 Å². The van der Waals surface area contributed by atoms with Crippen LogP contribution in [0.15, 0.2) is 54.6 Å². The molecule has 0 aliphatic carbocycles. The molecule has 106 valence electrons. The van der Waals surface area contributed by atoms with E-state index in [4.69, 9.17) is 0 Å². The number of hydrogen-bond donors (Lipinski definition) is 2. The SMILES string of the molecule is CC(C)C(CO)CNc1ccc(-c2ccccc2)cc1. The second kappa shape index (κ2) is 7.11. The Bertz CT molecular complexity index is 505. The lowest BCUT2D eigenvalue weighted by Gasteiger charge is -2.19. The van der Waals surface area contributed by atoms with Crippen molar-refractivity contribution in [3.63, 3.8) is 0 Å². The van der Waals surface area contributed by atoms with Crippen molar-refractivity contribution in [2.75, 3.05) is 18.5 Å². The summed E-state index contributed by atoms with van der Waals surface area (Å²) < 4.78 is 0. The quantitative estimate of drug-likeness (QED) is 0.830. The first-order valence-corrected chi connectivity index (χ1v) is 7.21. The first-order valence-electron chi connectivity index (χ1n) is 7.21. The number of hydrogen-bond acceptors (Lipinski definition) is 2. The molecule has 2 nitrogen and oxygen atoms in total. The number of aliphatic hydroxyl groups is 1. The maximum absolute atomic E-state index is 9.33. The second-order valence-corrected chi connectivity index (χ2v) is 5.51. The van der Waals surface area contributed by atoms with Gasteiger partial charge in [-0.15, -0.1) is 0 Å². The van der Waals surface area contributed by atoms with E-state index in [0.29, 0.717) is 11.8 Å². The van der Waals surface area contributed by atoms with Crippen molar-refractivity contribution in [1.82, 2.24) is 0 Å². The molecule has 0 aliphatic rings. The minimum absolute atomic E-state index is 0.229. The van der Waals surface area contributed by atoms with Crippen LogP contribution in [0.3, 0.4) is 0 Å². The van der Waals surface area contributed by atoms with Gasteiger partial charge in [-0.1, -0.05) is 56.3 Å². The van der Waals surface area contributed by atoms with Crippen LogP contribution in [0, 0.1) is 11.8 Å². The van der Waals surface area contributed by atoms with Gasteiger partial charge in [-0.25, -0.2) is 0 Å². The molecule has 1 atom stereocenters. The average molecular weight is 269 g/mol. The third-order valence-electron chi connectivity index (χ3n) is 3.74. The van der Waals surface area contributed by atoms with Gasteiger partial charge in [0.2, 0.25) is 0 Å². The van der Waals surface area contributed by atoms with Crippen molar-refractivity contribution in [1.29, 1.82) is 0 Å². The van der Waals surface area contributed by atoms with Gasteiger partial charge in [-0.05, 0) is 29.2 Å². The molecule has 2 rings (SSSR count). The highest BCUT2D eigenvalue weighted by atomic mass is 16.3. The molecule has 0 bridgehead atoms. The first kappa shape index (κ1) is 14.6. The Kier molecular flexibility index (Phi) is 5.19.